The lowest BCUT2D eigenvalue weighted by Crippen LogP contribution is -2.02. The molecule has 0 aromatic carbocycles. The average Bonchev–Trinajstić information content (AvgIpc) is 2.21. The minimum absolute atomic E-state index is 0.651. The van der Waals surface area contributed by atoms with Gasteiger partial charge >= 0.3 is 0 Å². The van der Waals surface area contributed by atoms with E-state index in [-0.39, 0.29) is 0 Å². The third-order valence-electron chi connectivity index (χ3n) is 2.32. The SMILES string of the molecule is CC.CCCc1cc(N)nc(C)c1CC. The largest absolute Gasteiger partial charge is 0.384 e. The smallest absolute Gasteiger partial charge is 0.123 e. The number of pyridine rings is 1. The molecule has 0 amide bonds. The molecule has 0 aliphatic heterocycles. The van der Waals surface area contributed by atoms with E-state index >= 15 is 0 Å². The van der Waals surface area contributed by atoms with Crippen molar-refractivity contribution >= 4 is 5.82 Å². The van der Waals surface area contributed by atoms with Gasteiger partial charge in [0, 0.05) is 5.69 Å². The van der Waals surface area contributed by atoms with Crippen molar-refractivity contribution in [2.45, 2.75) is 53.9 Å². The highest BCUT2D eigenvalue weighted by atomic mass is 14.8. The number of nitrogens with zero attached hydrogens (tertiary/aromatic N) is 1. The number of nitrogens with two attached hydrogens (primary N) is 1. The molecule has 1 aromatic heterocycles. The van der Waals surface area contributed by atoms with Gasteiger partial charge in [0.25, 0.3) is 0 Å². The zero-order chi connectivity index (χ0) is 11.8. The second kappa shape index (κ2) is 7.27. The minimum atomic E-state index is 0.651. The fourth-order valence-corrected chi connectivity index (χ4v) is 1.77. The number of hydrogen-bond acceptors (Lipinski definition) is 2. The van der Waals surface area contributed by atoms with Crippen molar-refractivity contribution in [3.63, 3.8) is 0 Å². The van der Waals surface area contributed by atoms with Crippen LogP contribution in [0.4, 0.5) is 5.82 Å². The molecule has 0 unspecified atom stereocenters. The third kappa shape index (κ3) is 3.90. The summed E-state index contributed by atoms with van der Waals surface area (Å²) in [4.78, 5) is 4.27. The molecule has 0 saturated heterocycles. The lowest BCUT2D eigenvalue weighted by atomic mass is 10.0. The van der Waals surface area contributed by atoms with Crippen molar-refractivity contribution in [1.82, 2.24) is 4.98 Å². The Bertz CT molecular complexity index is 293. The lowest BCUT2D eigenvalue weighted by molar-refractivity contribution is 0.885. The Morgan fingerprint density at radius 3 is 2.33 bits per heavy atom. The zero-order valence-corrected chi connectivity index (χ0v) is 10.7. The summed E-state index contributed by atoms with van der Waals surface area (Å²) in [6.45, 7) is 10.4. The number of nitrogen functional groups attached to an aromatic ring is 1. The van der Waals surface area contributed by atoms with Gasteiger partial charge < -0.3 is 5.73 Å². The van der Waals surface area contributed by atoms with E-state index < -0.39 is 0 Å². The number of aromatic nitrogens is 1. The van der Waals surface area contributed by atoms with Crippen molar-refractivity contribution in [3.05, 3.63) is 22.9 Å². The van der Waals surface area contributed by atoms with Gasteiger partial charge in [0.2, 0.25) is 0 Å². The van der Waals surface area contributed by atoms with E-state index in [2.05, 4.69) is 18.8 Å². The highest BCUT2D eigenvalue weighted by molar-refractivity contribution is 5.41. The molecule has 0 bridgehead atoms. The maximum absolute atomic E-state index is 5.70. The summed E-state index contributed by atoms with van der Waals surface area (Å²) in [5.74, 6) is 0.651. The summed E-state index contributed by atoms with van der Waals surface area (Å²) in [5.41, 5.74) is 9.53. The number of aryl methyl sites for hydroxylation is 2. The Hall–Kier alpha value is -1.05. The molecule has 1 heterocycles. The molecule has 2 nitrogen and oxygen atoms in total. The molecule has 2 N–H and O–H groups in total. The molecule has 15 heavy (non-hydrogen) atoms. The van der Waals surface area contributed by atoms with Crippen molar-refractivity contribution in [1.29, 1.82) is 0 Å². The molecule has 2 heteroatoms. The molecule has 1 aromatic rings. The van der Waals surface area contributed by atoms with Gasteiger partial charge in [-0.2, -0.15) is 0 Å². The fraction of sp³-hybridized carbons (Fsp3) is 0.615. The summed E-state index contributed by atoms with van der Waals surface area (Å²) < 4.78 is 0. The van der Waals surface area contributed by atoms with Crippen LogP contribution < -0.4 is 5.73 Å². The Morgan fingerprint density at radius 1 is 1.27 bits per heavy atom. The molecular formula is C13H24N2. The first kappa shape index (κ1) is 13.9. The summed E-state index contributed by atoms with van der Waals surface area (Å²) in [6, 6.07) is 2.01. The van der Waals surface area contributed by atoms with Crippen molar-refractivity contribution in [3.8, 4) is 0 Å². The van der Waals surface area contributed by atoms with Crippen LogP contribution in [0.15, 0.2) is 6.07 Å². The van der Waals surface area contributed by atoms with Crippen LogP contribution in [0.3, 0.4) is 0 Å². The normalized spacial score (nSPS) is 9.40. The van der Waals surface area contributed by atoms with Gasteiger partial charge in [-0.1, -0.05) is 34.1 Å². The summed E-state index contributed by atoms with van der Waals surface area (Å²) in [7, 11) is 0. The van der Waals surface area contributed by atoms with Gasteiger partial charge in [-0.25, -0.2) is 4.98 Å². The lowest BCUT2D eigenvalue weighted by Gasteiger charge is -2.10. The zero-order valence-electron chi connectivity index (χ0n) is 10.7. The van der Waals surface area contributed by atoms with Crippen LogP contribution in [0.25, 0.3) is 0 Å². The standard InChI is InChI=1S/C11H18N2.C2H6/c1-4-6-9-7-11(12)13-8(3)10(9)5-2;1-2/h7H,4-6H2,1-3H3,(H2,12,13);1-2H3. The Kier molecular flexibility index (Phi) is 6.76. The third-order valence-corrected chi connectivity index (χ3v) is 2.32. The van der Waals surface area contributed by atoms with Crippen LogP contribution >= 0.6 is 0 Å². The van der Waals surface area contributed by atoms with E-state index in [1.165, 1.54) is 11.1 Å². The quantitative estimate of drug-likeness (QED) is 0.825. The maximum atomic E-state index is 5.70. The number of rotatable bonds is 3. The molecule has 0 saturated carbocycles. The fourth-order valence-electron chi connectivity index (χ4n) is 1.77. The molecule has 0 spiro atoms. The molecule has 0 aliphatic rings. The predicted octanol–water partition coefficient (Wildman–Crippen LogP) is 3.51. The van der Waals surface area contributed by atoms with E-state index in [0.717, 1.165) is 25.0 Å². The van der Waals surface area contributed by atoms with Gasteiger partial charge in [0.1, 0.15) is 5.82 Å². The highest BCUT2D eigenvalue weighted by Crippen LogP contribution is 2.17. The Labute approximate surface area is 93.9 Å². The van der Waals surface area contributed by atoms with E-state index in [9.17, 15) is 0 Å². The Balaban J connectivity index is 0.000000921. The van der Waals surface area contributed by atoms with Crippen LogP contribution in [0, 0.1) is 6.92 Å². The van der Waals surface area contributed by atoms with Gasteiger partial charge in [-0.05, 0) is 37.0 Å². The minimum Gasteiger partial charge on any atom is -0.384 e. The van der Waals surface area contributed by atoms with Crippen LogP contribution in [0.1, 0.15) is 50.9 Å². The van der Waals surface area contributed by atoms with E-state index in [1.807, 2.05) is 26.8 Å². The van der Waals surface area contributed by atoms with E-state index in [0.29, 0.717) is 5.82 Å². The predicted molar refractivity (Wildman–Crippen MR) is 68.1 cm³/mol. The maximum Gasteiger partial charge on any atom is 0.123 e. The first-order valence-electron chi connectivity index (χ1n) is 5.93. The summed E-state index contributed by atoms with van der Waals surface area (Å²) >= 11 is 0. The second-order valence-electron chi connectivity index (χ2n) is 3.37. The first-order valence-corrected chi connectivity index (χ1v) is 5.93. The highest BCUT2D eigenvalue weighted by Gasteiger charge is 2.05. The summed E-state index contributed by atoms with van der Waals surface area (Å²) in [5, 5.41) is 0. The molecular weight excluding hydrogens is 184 g/mol. The monoisotopic (exact) mass is 208 g/mol. The number of hydrogen-bond donors (Lipinski definition) is 1. The molecule has 86 valence electrons. The second-order valence-corrected chi connectivity index (χ2v) is 3.37. The van der Waals surface area contributed by atoms with E-state index in [4.69, 9.17) is 5.73 Å². The van der Waals surface area contributed by atoms with Gasteiger partial charge in [-0.15, -0.1) is 0 Å². The van der Waals surface area contributed by atoms with Gasteiger partial charge in [0.15, 0.2) is 0 Å². The van der Waals surface area contributed by atoms with Crippen LogP contribution in [-0.2, 0) is 12.8 Å². The van der Waals surface area contributed by atoms with E-state index in [1.54, 1.807) is 0 Å². The molecule has 0 radical (unpaired) electrons. The van der Waals surface area contributed by atoms with Gasteiger partial charge in [0.05, 0.1) is 0 Å². The van der Waals surface area contributed by atoms with Crippen LogP contribution in [0.2, 0.25) is 0 Å². The molecule has 1 rings (SSSR count). The number of anilines is 1. The molecule has 0 atom stereocenters. The average molecular weight is 208 g/mol. The van der Waals surface area contributed by atoms with Gasteiger partial charge in [-0.3, -0.25) is 0 Å². The van der Waals surface area contributed by atoms with Crippen molar-refractivity contribution in [2.24, 2.45) is 0 Å². The Morgan fingerprint density at radius 2 is 1.87 bits per heavy atom. The summed E-state index contributed by atoms with van der Waals surface area (Å²) in [6.07, 6.45) is 3.32. The first-order chi connectivity index (χ1) is 7.19. The van der Waals surface area contributed by atoms with Crippen LogP contribution in [0.5, 0.6) is 0 Å². The molecule has 0 aliphatic carbocycles. The van der Waals surface area contributed by atoms with Crippen molar-refractivity contribution < 1.29 is 0 Å². The van der Waals surface area contributed by atoms with Crippen LogP contribution in [-0.4, -0.2) is 4.98 Å². The topological polar surface area (TPSA) is 38.9 Å². The molecule has 0 fully saturated rings. The van der Waals surface area contributed by atoms with Crippen molar-refractivity contribution in [2.75, 3.05) is 5.73 Å².